The summed E-state index contributed by atoms with van der Waals surface area (Å²) in [4.78, 5) is 4.40. The molecule has 3 nitrogen and oxygen atoms in total. The van der Waals surface area contributed by atoms with Gasteiger partial charge in [0, 0.05) is 31.1 Å². The van der Waals surface area contributed by atoms with Crippen molar-refractivity contribution in [3.05, 3.63) is 16.6 Å². The van der Waals surface area contributed by atoms with Crippen LogP contribution in [0.5, 0.6) is 0 Å². The van der Waals surface area contributed by atoms with Crippen LogP contribution in [-0.2, 0) is 11.2 Å². The van der Waals surface area contributed by atoms with Crippen LogP contribution in [-0.4, -0.2) is 30.3 Å². The Bertz CT molecular complexity index is 330. The first kappa shape index (κ1) is 14.0. The predicted molar refractivity (Wildman–Crippen MR) is 76.1 cm³/mol. The third-order valence-electron chi connectivity index (χ3n) is 3.90. The maximum Gasteiger partial charge on any atom is 0.0940 e. The van der Waals surface area contributed by atoms with Crippen molar-refractivity contribution < 1.29 is 4.74 Å². The van der Waals surface area contributed by atoms with Gasteiger partial charge >= 0.3 is 0 Å². The number of nitrogens with one attached hydrogen (secondary N) is 1. The molecule has 4 heteroatoms. The van der Waals surface area contributed by atoms with Crippen molar-refractivity contribution in [1.82, 2.24) is 10.3 Å². The number of methoxy groups -OCH3 is 1. The lowest BCUT2D eigenvalue weighted by Crippen LogP contribution is -2.46. The molecule has 1 unspecified atom stereocenters. The summed E-state index contributed by atoms with van der Waals surface area (Å²) in [6, 6.07) is 0.497. The summed E-state index contributed by atoms with van der Waals surface area (Å²) in [6.07, 6.45) is 8.95. The monoisotopic (exact) mass is 268 g/mol. The highest BCUT2D eigenvalue weighted by atomic mass is 32.1. The second-order valence-corrected chi connectivity index (χ2v) is 6.20. The molecule has 0 amide bonds. The molecule has 1 N–H and O–H groups in total. The Morgan fingerprint density at radius 3 is 2.89 bits per heavy atom. The summed E-state index contributed by atoms with van der Waals surface area (Å²) >= 11 is 1.75. The van der Waals surface area contributed by atoms with E-state index in [1.165, 1.54) is 30.7 Å². The quantitative estimate of drug-likeness (QED) is 0.787. The van der Waals surface area contributed by atoms with Gasteiger partial charge in [0.2, 0.25) is 0 Å². The van der Waals surface area contributed by atoms with Crippen molar-refractivity contribution in [3.63, 3.8) is 0 Å². The molecule has 0 saturated heterocycles. The van der Waals surface area contributed by atoms with Gasteiger partial charge < -0.3 is 10.1 Å². The summed E-state index contributed by atoms with van der Waals surface area (Å²) in [5, 5.41) is 6.94. The molecule has 0 spiro atoms. The van der Waals surface area contributed by atoms with E-state index in [9.17, 15) is 0 Å². The van der Waals surface area contributed by atoms with Crippen molar-refractivity contribution in [2.24, 2.45) is 0 Å². The third kappa shape index (κ3) is 3.53. The summed E-state index contributed by atoms with van der Waals surface area (Å²) < 4.78 is 5.75. The Hall–Kier alpha value is -0.450. The first-order valence-electron chi connectivity index (χ1n) is 6.95. The first-order valence-corrected chi connectivity index (χ1v) is 7.83. The standard InChI is InChI=1S/C14H24N2OS/c1-3-7-15-12(10-13-16-8-9-18-13)11-14(17-2)5-4-6-14/h8-9,12,15H,3-7,10-11H2,1-2H3. The van der Waals surface area contributed by atoms with Crippen LogP contribution in [0.1, 0.15) is 44.0 Å². The highest BCUT2D eigenvalue weighted by Crippen LogP contribution is 2.39. The molecule has 0 aromatic carbocycles. The topological polar surface area (TPSA) is 34.2 Å². The van der Waals surface area contributed by atoms with E-state index in [2.05, 4.69) is 22.6 Å². The molecular formula is C14H24N2OS. The zero-order chi connectivity index (χ0) is 12.8. The molecule has 0 bridgehead atoms. The highest BCUT2D eigenvalue weighted by Gasteiger charge is 2.38. The van der Waals surface area contributed by atoms with E-state index >= 15 is 0 Å². The lowest BCUT2D eigenvalue weighted by atomic mass is 9.75. The van der Waals surface area contributed by atoms with Crippen LogP contribution >= 0.6 is 11.3 Å². The number of rotatable bonds is 8. The minimum absolute atomic E-state index is 0.142. The van der Waals surface area contributed by atoms with E-state index in [0.29, 0.717) is 6.04 Å². The maximum atomic E-state index is 5.75. The molecule has 1 aliphatic rings. The van der Waals surface area contributed by atoms with Crippen LogP contribution in [0.4, 0.5) is 0 Å². The van der Waals surface area contributed by atoms with Crippen molar-refractivity contribution in [2.45, 2.75) is 57.1 Å². The van der Waals surface area contributed by atoms with Crippen LogP contribution in [0.2, 0.25) is 0 Å². The van der Waals surface area contributed by atoms with Gasteiger partial charge in [-0.3, -0.25) is 0 Å². The van der Waals surface area contributed by atoms with Crippen LogP contribution in [0.3, 0.4) is 0 Å². The van der Waals surface area contributed by atoms with Crippen molar-refractivity contribution in [2.75, 3.05) is 13.7 Å². The molecular weight excluding hydrogens is 244 g/mol. The van der Waals surface area contributed by atoms with Gasteiger partial charge in [-0.15, -0.1) is 11.3 Å². The van der Waals surface area contributed by atoms with Gasteiger partial charge in [0.15, 0.2) is 0 Å². The average Bonchev–Trinajstić information content (AvgIpc) is 2.83. The number of ether oxygens (including phenoxy) is 1. The van der Waals surface area contributed by atoms with E-state index in [-0.39, 0.29) is 5.60 Å². The largest absolute Gasteiger partial charge is 0.378 e. The van der Waals surface area contributed by atoms with Crippen LogP contribution in [0.25, 0.3) is 0 Å². The van der Waals surface area contributed by atoms with E-state index in [4.69, 9.17) is 4.74 Å². The minimum Gasteiger partial charge on any atom is -0.378 e. The van der Waals surface area contributed by atoms with E-state index < -0.39 is 0 Å². The molecule has 102 valence electrons. The van der Waals surface area contributed by atoms with Crippen molar-refractivity contribution >= 4 is 11.3 Å². The molecule has 1 heterocycles. The van der Waals surface area contributed by atoms with Gasteiger partial charge in [-0.2, -0.15) is 0 Å². The van der Waals surface area contributed by atoms with Crippen LogP contribution < -0.4 is 5.32 Å². The maximum absolute atomic E-state index is 5.75. The summed E-state index contributed by atoms with van der Waals surface area (Å²) in [5.74, 6) is 0. The number of thiazole rings is 1. The predicted octanol–water partition coefficient (Wildman–Crippen LogP) is 3.01. The SMILES string of the molecule is CCCNC(Cc1nccs1)CC1(OC)CCC1. The number of hydrogen-bond donors (Lipinski definition) is 1. The molecule has 1 saturated carbocycles. The fraction of sp³-hybridized carbons (Fsp3) is 0.786. The molecule has 1 aromatic rings. The van der Waals surface area contributed by atoms with Gasteiger partial charge in [-0.25, -0.2) is 4.98 Å². The van der Waals surface area contributed by atoms with E-state index in [1.54, 1.807) is 11.3 Å². The van der Waals surface area contributed by atoms with Gasteiger partial charge in [0.05, 0.1) is 10.6 Å². The van der Waals surface area contributed by atoms with Crippen LogP contribution in [0.15, 0.2) is 11.6 Å². The summed E-state index contributed by atoms with van der Waals surface area (Å²) in [7, 11) is 1.86. The van der Waals surface area contributed by atoms with E-state index in [0.717, 1.165) is 19.4 Å². The van der Waals surface area contributed by atoms with Crippen LogP contribution in [0, 0.1) is 0 Å². The molecule has 2 rings (SSSR count). The third-order valence-corrected chi connectivity index (χ3v) is 4.71. The molecule has 1 atom stereocenters. The summed E-state index contributed by atoms with van der Waals surface area (Å²) in [5.41, 5.74) is 0.142. The minimum atomic E-state index is 0.142. The first-order chi connectivity index (χ1) is 8.78. The Balaban J connectivity index is 1.91. The Morgan fingerprint density at radius 1 is 1.56 bits per heavy atom. The Kier molecular flexibility index (Phi) is 5.15. The van der Waals surface area contributed by atoms with Gasteiger partial charge in [-0.1, -0.05) is 6.92 Å². The number of nitrogens with zero attached hydrogens (tertiary/aromatic N) is 1. The Morgan fingerprint density at radius 2 is 2.39 bits per heavy atom. The molecule has 18 heavy (non-hydrogen) atoms. The van der Waals surface area contributed by atoms with Gasteiger partial charge in [0.1, 0.15) is 0 Å². The average molecular weight is 268 g/mol. The highest BCUT2D eigenvalue weighted by molar-refractivity contribution is 7.09. The molecule has 0 radical (unpaired) electrons. The second kappa shape index (κ2) is 6.64. The normalized spacial score (nSPS) is 19.4. The molecule has 1 aromatic heterocycles. The Labute approximate surface area is 114 Å². The van der Waals surface area contributed by atoms with Gasteiger partial charge in [0.25, 0.3) is 0 Å². The smallest absolute Gasteiger partial charge is 0.0940 e. The lowest BCUT2D eigenvalue weighted by molar-refractivity contribution is -0.0834. The molecule has 1 fully saturated rings. The number of hydrogen-bond acceptors (Lipinski definition) is 4. The summed E-state index contributed by atoms with van der Waals surface area (Å²) in [6.45, 7) is 3.29. The second-order valence-electron chi connectivity index (χ2n) is 5.23. The number of aromatic nitrogens is 1. The fourth-order valence-corrected chi connectivity index (χ4v) is 3.34. The molecule has 0 aliphatic heterocycles. The van der Waals surface area contributed by atoms with Crippen molar-refractivity contribution in [3.8, 4) is 0 Å². The lowest BCUT2D eigenvalue weighted by Gasteiger charge is -2.43. The van der Waals surface area contributed by atoms with Gasteiger partial charge in [-0.05, 0) is 38.6 Å². The zero-order valence-electron chi connectivity index (χ0n) is 11.4. The zero-order valence-corrected chi connectivity index (χ0v) is 12.3. The van der Waals surface area contributed by atoms with E-state index in [1.807, 2.05) is 13.3 Å². The fourth-order valence-electron chi connectivity index (χ4n) is 2.64. The molecule has 1 aliphatic carbocycles. The van der Waals surface area contributed by atoms with Crippen molar-refractivity contribution in [1.29, 1.82) is 0 Å².